The van der Waals surface area contributed by atoms with Gasteiger partial charge in [-0.3, -0.25) is 4.79 Å². The summed E-state index contributed by atoms with van der Waals surface area (Å²) in [4.78, 5) is 10.8. The van der Waals surface area contributed by atoms with E-state index < -0.39 is 17.4 Å². The summed E-state index contributed by atoms with van der Waals surface area (Å²) in [7, 11) is 1.20. The number of halogens is 4. The van der Waals surface area contributed by atoms with Gasteiger partial charge >= 0.3 is 6.36 Å². The van der Waals surface area contributed by atoms with E-state index >= 15 is 0 Å². The Kier molecular flexibility index (Phi) is 3.64. The first-order valence-electron chi connectivity index (χ1n) is 3.97. The molecule has 0 heterocycles. The van der Waals surface area contributed by atoms with E-state index in [1.54, 1.807) is 0 Å². The summed E-state index contributed by atoms with van der Waals surface area (Å²) in [5.41, 5.74) is -0.0290. The topological polar surface area (TPSA) is 35.5 Å². The standard InChI is InChI=1S/C9H6ClF3O3/c1-15-7-4-5(16-9(11,12)13)2-3-6(7)8(10)14/h2-4H,1H3. The molecule has 0 bridgehead atoms. The van der Waals surface area contributed by atoms with Gasteiger partial charge in [-0.1, -0.05) is 0 Å². The van der Waals surface area contributed by atoms with Crippen LogP contribution in [0.5, 0.6) is 11.5 Å². The lowest BCUT2D eigenvalue weighted by Crippen LogP contribution is -2.17. The summed E-state index contributed by atoms with van der Waals surface area (Å²) in [6.45, 7) is 0. The molecule has 0 radical (unpaired) electrons. The summed E-state index contributed by atoms with van der Waals surface area (Å²) in [5, 5.41) is -0.824. The van der Waals surface area contributed by atoms with E-state index in [2.05, 4.69) is 4.74 Å². The molecule has 0 amide bonds. The lowest BCUT2D eigenvalue weighted by atomic mass is 10.2. The molecular weight excluding hydrogens is 249 g/mol. The molecule has 0 aliphatic rings. The minimum absolute atomic E-state index is 0.0290. The van der Waals surface area contributed by atoms with Gasteiger partial charge in [0.15, 0.2) is 0 Å². The van der Waals surface area contributed by atoms with Crippen LogP contribution in [0, 0.1) is 0 Å². The molecule has 7 heteroatoms. The molecule has 0 aliphatic carbocycles. The normalized spacial score (nSPS) is 11.1. The Bertz CT molecular complexity index is 403. The van der Waals surface area contributed by atoms with Crippen LogP contribution in [0.15, 0.2) is 18.2 Å². The Hall–Kier alpha value is -1.43. The molecule has 0 aromatic heterocycles. The van der Waals surface area contributed by atoms with Crippen LogP contribution in [0.4, 0.5) is 13.2 Å². The van der Waals surface area contributed by atoms with Gasteiger partial charge in [-0.05, 0) is 23.7 Å². The Morgan fingerprint density at radius 3 is 2.44 bits per heavy atom. The molecule has 88 valence electrons. The van der Waals surface area contributed by atoms with Crippen molar-refractivity contribution in [2.45, 2.75) is 6.36 Å². The number of hydrogen-bond donors (Lipinski definition) is 0. The van der Waals surface area contributed by atoms with Gasteiger partial charge in [0.1, 0.15) is 11.5 Å². The molecule has 1 rings (SSSR count). The average Bonchev–Trinajstić information content (AvgIpc) is 2.14. The van der Waals surface area contributed by atoms with Crippen LogP contribution in [-0.4, -0.2) is 18.7 Å². The fourth-order valence-electron chi connectivity index (χ4n) is 1.03. The largest absolute Gasteiger partial charge is 0.573 e. The van der Waals surface area contributed by atoms with Crippen molar-refractivity contribution in [3.05, 3.63) is 23.8 Å². The van der Waals surface area contributed by atoms with Crippen LogP contribution in [-0.2, 0) is 0 Å². The number of methoxy groups -OCH3 is 1. The van der Waals surface area contributed by atoms with Crippen molar-refractivity contribution in [1.29, 1.82) is 0 Å². The first kappa shape index (κ1) is 12.6. The molecule has 0 atom stereocenters. The second-order valence-electron chi connectivity index (χ2n) is 2.68. The van der Waals surface area contributed by atoms with E-state index in [-0.39, 0.29) is 11.3 Å². The Labute approximate surface area is 93.7 Å². The maximum absolute atomic E-state index is 11.9. The van der Waals surface area contributed by atoms with Crippen LogP contribution in [0.25, 0.3) is 0 Å². The zero-order chi connectivity index (χ0) is 12.3. The molecule has 0 fully saturated rings. The third kappa shape index (κ3) is 3.30. The number of carbonyl (C=O) groups excluding carboxylic acids is 1. The summed E-state index contributed by atoms with van der Waals surface area (Å²) in [5.74, 6) is -0.562. The average molecular weight is 255 g/mol. The van der Waals surface area contributed by atoms with Crippen LogP contribution in [0.3, 0.4) is 0 Å². The van der Waals surface area contributed by atoms with Crippen LogP contribution < -0.4 is 9.47 Å². The number of ether oxygens (including phenoxy) is 2. The highest BCUT2D eigenvalue weighted by Gasteiger charge is 2.31. The van der Waals surface area contributed by atoms with Crippen molar-refractivity contribution in [3.63, 3.8) is 0 Å². The molecule has 0 aliphatic heterocycles. The van der Waals surface area contributed by atoms with E-state index in [0.717, 1.165) is 18.2 Å². The quantitative estimate of drug-likeness (QED) is 0.778. The lowest BCUT2D eigenvalue weighted by molar-refractivity contribution is -0.274. The second-order valence-corrected chi connectivity index (χ2v) is 3.03. The van der Waals surface area contributed by atoms with Gasteiger partial charge < -0.3 is 9.47 Å². The summed E-state index contributed by atoms with van der Waals surface area (Å²) in [6.07, 6.45) is -4.79. The zero-order valence-corrected chi connectivity index (χ0v) is 8.72. The molecule has 0 N–H and O–H groups in total. The molecule has 16 heavy (non-hydrogen) atoms. The number of alkyl halides is 3. The summed E-state index contributed by atoms with van der Waals surface area (Å²) < 4.78 is 44.0. The monoisotopic (exact) mass is 254 g/mol. The van der Waals surface area contributed by atoms with Crippen molar-refractivity contribution in [3.8, 4) is 11.5 Å². The molecule has 1 aromatic rings. The third-order valence-corrected chi connectivity index (χ3v) is 1.82. The lowest BCUT2D eigenvalue weighted by Gasteiger charge is -2.11. The highest BCUT2D eigenvalue weighted by molar-refractivity contribution is 6.68. The minimum atomic E-state index is -4.79. The van der Waals surface area contributed by atoms with Crippen molar-refractivity contribution in [2.75, 3.05) is 7.11 Å². The van der Waals surface area contributed by atoms with Gasteiger partial charge in [0.05, 0.1) is 12.7 Å². The highest BCUT2D eigenvalue weighted by Crippen LogP contribution is 2.29. The number of rotatable bonds is 3. The van der Waals surface area contributed by atoms with E-state index in [1.165, 1.54) is 7.11 Å². The van der Waals surface area contributed by atoms with Crippen molar-refractivity contribution >= 4 is 16.8 Å². The molecular formula is C9H6ClF3O3. The fourth-order valence-corrected chi connectivity index (χ4v) is 1.19. The number of benzene rings is 1. The van der Waals surface area contributed by atoms with Crippen molar-refractivity contribution < 1.29 is 27.4 Å². The summed E-state index contributed by atoms with van der Waals surface area (Å²) >= 11 is 5.19. The number of carbonyl (C=O) groups is 1. The van der Waals surface area contributed by atoms with Crippen molar-refractivity contribution in [2.24, 2.45) is 0 Å². The van der Waals surface area contributed by atoms with Gasteiger partial charge in [0, 0.05) is 6.07 Å². The Morgan fingerprint density at radius 1 is 1.38 bits per heavy atom. The first-order chi connectivity index (χ1) is 7.33. The SMILES string of the molecule is COc1cc(OC(F)(F)F)ccc1C(=O)Cl. The zero-order valence-electron chi connectivity index (χ0n) is 7.97. The van der Waals surface area contributed by atoms with Gasteiger partial charge in [-0.15, -0.1) is 13.2 Å². The maximum atomic E-state index is 11.9. The maximum Gasteiger partial charge on any atom is 0.573 e. The van der Waals surface area contributed by atoms with Crippen LogP contribution in [0.2, 0.25) is 0 Å². The van der Waals surface area contributed by atoms with Crippen LogP contribution in [0.1, 0.15) is 10.4 Å². The van der Waals surface area contributed by atoms with E-state index in [4.69, 9.17) is 16.3 Å². The molecule has 0 saturated heterocycles. The Balaban J connectivity index is 3.05. The first-order valence-corrected chi connectivity index (χ1v) is 4.35. The van der Waals surface area contributed by atoms with Gasteiger partial charge in [-0.2, -0.15) is 0 Å². The second kappa shape index (κ2) is 4.61. The molecule has 0 unspecified atom stereocenters. The smallest absolute Gasteiger partial charge is 0.496 e. The molecule has 0 saturated carbocycles. The highest BCUT2D eigenvalue weighted by atomic mass is 35.5. The third-order valence-electron chi connectivity index (χ3n) is 1.62. The molecule has 0 spiro atoms. The molecule has 3 nitrogen and oxygen atoms in total. The summed E-state index contributed by atoms with van der Waals surface area (Å²) in [6, 6.07) is 3.00. The predicted octanol–water partition coefficient (Wildman–Crippen LogP) is 2.97. The molecule has 1 aromatic carbocycles. The van der Waals surface area contributed by atoms with E-state index in [1.807, 2.05) is 0 Å². The fraction of sp³-hybridized carbons (Fsp3) is 0.222. The van der Waals surface area contributed by atoms with E-state index in [0.29, 0.717) is 0 Å². The Morgan fingerprint density at radius 2 is 2.00 bits per heavy atom. The minimum Gasteiger partial charge on any atom is -0.496 e. The van der Waals surface area contributed by atoms with Gasteiger partial charge in [-0.25, -0.2) is 0 Å². The van der Waals surface area contributed by atoms with Gasteiger partial charge in [0.2, 0.25) is 0 Å². The number of hydrogen-bond acceptors (Lipinski definition) is 3. The van der Waals surface area contributed by atoms with Crippen molar-refractivity contribution in [1.82, 2.24) is 0 Å². The van der Waals surface area contributed by atoms with Gasteiger partial charge in [0.25, 0.3) is 5.24 Å². The predicted molar refractivity (Wildman–Crippen MR) is 49.9 cm³/mol. The van der Waals surface area contributed by atoms with Crippen LogP contribution >= 0.6 is 11.6 Å². The van der Waals surface area contributed by atoms with E-state index in [9.17, 15) is 18.0 Å².